The minimum Gasteiger partial charge on any atom is -0.394 e. The van der Waals surface area contributed by atoms with Gasteiger partial charge in [-0.05, 0) is 31.1 Å². The molecule has 19 heavy (non-hydrogen) atoms. The van der Waals surface area contributed by atoms with Gasteiger partial charge in [-0.15, -0.1) is 0 Å². The van der Waals surface area contributed by atoms with Crippen LogP contribution in [0.5, 0.6) is 0 Å². The van der Waals surface area contributed by atoms with Crippen LogP contribution in [0, 0.1) is 11.8 Å². The Bertz CT molecular complexity index is 265. The highest BCUT2D eigenvalue weighted by atomic mass is 16.3. The molecule has 0 aliphatic heterocycles. The van der Waals surface area contributed by atoms with Crippen LogP contribution >= 0.6 is 0 Å². The molecule has 3 unspecified atom stereocenters. The van der Waals surface area contributed by atoms with Crippen LogP contribution in [0.4, 0.5) is 0 Å². The summed E-state index contributed by atoms with van der Waals surface area (Å²) >= 11 is 0. The molecular weight excluding hydrogens is 238 g/mol. The molecule has 0 amide bonds. The van der Waals surface area contributed by atoms with E-state index < -0.39 is 0 Å². The lowest BCUT2D eigenvalue weighted by atomic mass is 9.76. The van der Waals surface area contributed by atoms with Crippen molar-refractivity contribution in [3.8, 4) is 0 Å². The zero-order chi connectivity index (χ0) is 13.7. The van der Waals surface area contributed by atoms with E-state index in [9.17, 15) is 10.2 Å². The van der Waals surface area contributed by atoms with E-state index in [1.54, 1.807) is 0 Å². The first-order valence-corrected chi connectivity index (χ1v) is 8.17. The van der Waals surface area contributed by atoms with E-state index in [2.05, 4.69) is 12.2 Å². The van der Waals surface area contributed by atoms with Crippen molar-refractivity contribution in [1.82, 2.24) is 5.32 Å². The number of aliphatic hydroxyl groups is 2. The fourth-order valence-electron chi connectivity index (χ4n) is 4.07. The number of rotatable bonds is 6. The lowest BCUT2D eigenvalue weighted by Gasteiger charge is -2.40. The largest absolute Gasteiger partial charge is 0.394 e. The predicted molar refractivity (Wildman–Crippen MR) is 78.0 cm³/mol. The first kappa shape index (κ1) is 15.3. The molecule has 3 heteroatoms. The molecule has 3 nitrogen and oxygen atoms in total. The second-order valence-electron chi connectivity index (χ2n) is 7.06. The zero-order valence-electron chi connectivity index (χ0n) is 12.4. The van der Waals surface area contributed by atoms with Gasteiger partial charge in [0, 0.05) is 12.1 Å². The van der Waals surface area contributed by atoms with Gasteiger partial charge in [0.15, 0.2) is 0 Å². The topological polar surface area (TPSA) is 52.5 Å². The van der Waals surface area contributed by atoms with Gasteiger partial charge < -0.3 is 15.5 Å². The summed E-state index contributed by atoms with van der Waals surface area (Å²) in [5, 5.41) is 23.4. The monoisotopic (exact) mass is 269 g/mol. The molecule has 0 aromatic rings. The highest BCUT2D eigenvalue weighted by Gasteiger charge is 2.34. The summed E-state index contributed by atoms with van der Waals surface area (Å²) in [6, 6.07) is 0. The Morgan fingerprint density at radius 3 is 2.58 bits per heavy atom. The van der Waals surface area contributed by atoms with E-state index in [1.807, 2.05) is 0 Å². The first-order valence-electron chi connectivity index (χ1n) is 8.17. The molecule has 0 aromatic carbocycles. The van der Waals surface area contributed by atoms with Gasteiger partial charge in [0.2, 0.25) is 0 Å². The van der Waals surface area contributed by atoms with Crippen LogP contribution in [0.1, 0.15) is 64.7 Å². The quantitative estimate of drug-likeness (QED) is 0.694. The second kappa shape index (κ2) is 7.05. The normalized spacial score (nSPS) is 34.6. The van der Waals surface area contributed by atoms with Crippen molar-refractivity contribution in [3.63, 3.8) is 0 Å². The smallest absolute Gasteiger partial charge is 0.0667 e. The minimum atomic E-state index is -0.247. The Balaban J connectivity index is 1.75. The van der Waals surface area contributed by atoms with Crippen molar-refractivity contribution in [3.05, 3.63) is 0 Å². The highest BCUT2D eigenvalue weighted by molar-refractivity contribution is 4.93. The first-order chi connectivity index (χ1) is 9.13. The molecule has 0 bridgehead atoms. The van der Waals surface area contributed by atoms with Gasteiger partial charge in [-0.25, -0.2) is 0 Å². The summed E-state index contributed by atoms with van der Waals surface area (Å²) in [5.41, 5.74) is -0.131. The molecule has 0 heterocycles. The van der Waals surface area contributed by atoms with Crippen molar-refractivity contribution in [2.24, 2.45) is 11.8 Å². The SMILES string of the molecule is CC1CCCC(CO)(NCC(O)CC2CCCC2)C1. The third kappa shape index (κ3) is 4.44. The molecule has 0 spiro atoms. The molecule has 2 fully saturated rings. The van der Waals surface area contributed by atoms with Crippen LogP contribution < -0.4 is 5.32 Å². The van der Waals surface area contributed by atoms with Crippen LogP contribution in [-0.2, 0) is 0 Å². The molecule has 0 radical (unpaired) electrons. The maximum Gasteiger partial charge on any atom is 0.0667 e. The summed E-state index contributed by atoms with van der Waals surface area (Å²) in [6.07, 6.45) is 10.5. The van der Waals surface area contributed by atoms with E-state index in [1.165, 1.54) is 38.5 Å². The maximum absolute atomic E-state index is 10.2. The molecule has 0 aromatic heterocycles. The molecule has 3 atom stereocenters. The summed E-state index contributed by atoms with van der Waals surface area (Å²) in [4.78, 5) is 0. The number of aliphatic hydroxyl groups excluding tert-OH is 2. The minimum absolute atomic E-state index is 0.131. The fraction of sp³-hybridized carbons (Fsp3) is 1.00. The van der Waals surface area contributed by atoms with E-state index >= 15 is 0 Å². The van der Waals surface area contributed by atoms with Crippen LogP contribution in [0.2, 0.25) is 0 Å². The average molecular weight is 269 g/mol. The molecule has 2 aliphatic rings. The van der Waals surface area contributed by atoms with Crippen molar-refractivity contribution in [2.45, 2.75) is 76.4 Å². The molecule has 0 saturated heterocycles. The molecule has 112 valence electrons. The third-order valence-electron chi connectivity index (χ3n) is 5.19. The molecule has 2 aliphatic carbocycles. The molecule has 2 rings (SSSR count). The summed E-state index contributed by atoms with van der Waals surface area (Å²) in [6.45, 7) is 3.11. The van der Waals surface area contributed by atoms with Gasteiger partial charge in [0.1, 0.15) is 0 Å². The van der Waals surface area contributed by atoms with Gasteiger partial charge in [-0.2, -0.15) is 0 Å². The Labute approximate surface area is 117 Å². The molecule has 3 N–H and O–H groups in total. The predicted octanol–water partition coefficient (Wildman–Crippen LogP) is 2.46. The van der Waals surface area contributed by atoms with Gasteiger partial charge in [0.25, 0.3) is 0 Å². The van der Waals surface area contributed by atoms with Gasteiger partial charge in [-0.1, -0.05) is 45.4 Å². The Morgan fingerprint density at radius 2 is 1.95 bits per heavy atom. The Hall–Kier alpha value is -0.120. The Kier molecular flexibility index (Phi) is 5.67. The van der Waals surface area contributed by atoms with Crippen LogP contribution in [-0.4, -0.2) is 35.0 Å². The maximum atomic E-state index is 10.2. The van der Waals surface area contributed by atoms with Crippen molar-refractivity contribution >= 4 is 0 Å². The summed E-state index contributed by atoms with van der Waals surface area (Å²) < 4.78 is 0. The van der Waals surface area contributed by atoms with E-state index in [0.717, 1.165) is 25.2 Å². The van der Waals surface area contributed by atoms with E-state index in [4.69, 9.17) is 0 Å². The lowest BCUT2D eigenvalue weighted by molar-refractivity contribution is 0.0722. The number of hydrogen-bond acceptors (Lipinski definition) is 3. The van der Waals surface area contributed by atoms with E-state index in [-0.39, 0.29) is 18.2 Å². The summed E-state index contributed by atoms with van der Waals surface area (Å²) in [7, 11) is 0. The third-order valence-corrected chi connectivity index (χ3v) is 5.19. The second-order valence-corrected chi connectivity index (χ2v) is 7.06. The molecular formula is C16H31NO2. The highest BCUT2D eigenvalue weighted by Crippen LogP contribution is 2.32. The van der Waals surface area contributed by atoms with Crippen LogP contribution in [0.15, 0.2) is 0 Å². The average Bonchev–Trinajstić information content (AvgIpc) is 2.89. The zero-order valence-corrected chi connectivity index (χ0v) is 12.4. The van der Waals surface area contributed by atoms with Crippen LogP contribution in [0.25, 0.3) is 0 Å². The van der Waals surface area contributed by atoms with Crippen LogP contribution in [0.3, 0.4) is 0 Å². The van der Waals surface area contributed by atoms with Crippen molar-refractivity contribution in [1.29, 1.82) is 0 Å². The summed E-state index contributed by atoms with van der Waals surface area (Å²) in [5.74, 6) is 1.41. The van der Waals surface area contributed by atoms with Crippen molar-refractivity contribution < 1.29 is 10.2 Å². The standard InChI is InChI=1S/C16H31NO2/c1-13-5-4-8-16(10-13,12-18)17-11-15(19)9-14-6-2-3-7-14/h13-15,17-19H,2-12H2,1H3. The Morgan fingerprint density at radius 1 is 1.21 bits per heavy atom. The van der Waals surface area contributed by atoms with Gasteiger partial charge in [0.05, 0.1) is 12.7 Å². The number of nitrogens with one attached hydrogen (secondary N) is 1. The number of hydrogen-bond donors (Lipinski definition) is 3. The fourth-order valence-corrected chi connectivity index (χ4v) is 4.07. The molecule has 2 saturated carbocycles. The lowest BCUT2D eigenvalue weighted by Crippen LogP contribution is -2.53. The van der Waals surface area contributed by atoms with Crippen molar-refractivity contribution in [2.75, 3.05) is 13.2 Å². The number of β-amino-alcohol motifs (C(OH)–C–C–N with tert-alkyl or cyclic N) is 1. The van der Waals surface area contributed by atoms with Gasteiger partial charge >= 0.3 is 0 Å². The van der Waals surface area contributed by atoms with E-state index in [0.29, 0.717) is 12.5 Å². The van der Waals surface area contributed by atoms with Gasteiger partial charge in [-0.3, -0.25) is 0 Å².